The van der Waals surface area contributed by atoms with E-state index < -0.39 is 0 Å². The number of carbonyl (C=O) groups is 1. The van der Waals surface area contributed by atoms with Crippen LogP contribution in [0.2, 0.25) is 10.0 Å². The molecule has 1 amide bonds. The first-order valence-electron chi connectivity index (χ1n) is 9.42. The summed E-state index contributed by atoms with van der Waals surface area (Å²) in [7, 11) is 0. The van der Waals surface area contributed by atoms with Crippen LogP contribution in [0.3, 0.4) is 0 Å². The summed E-state index contributed by atoms with van der Waals surface area (Å²) in [6, 6.07) is 21.5. The van der Waals surface area contributed by atoms with Gasteiger partial charge in [0.15, 0.2) is 11.6 Å². The van der Waals surface area contributed by atoms with Crippen molar-refractivity contribution < 1.29 is 9.53 Å². The van der Waals surface area contributed by atoms with Crippen LogP contribution in [-0.4, -0.2) is 26.5 Å². The number of ether oxygens (including phenoxy) is 1. The van der Waals surface area contributed by atoms with Crippen molar-refractivity contribution in [2.24, 2.45) is 0 Å². The summed E-state index contributed by atoms with van der Waals surface area (Å²) in [4.78, 5) is 12.6. The first-order chi connectivity index (χ1) is 15.5. The molecule has 162 valence electrons. The number of nitrogens with zero attached hydrogens (tertiary/aromatic N) is 3. The molecule has 4 rings (SSSR count). The first kappa shape index (κ1) is 22.0. The molecule has 0 aliphatic carbocycles. The fourth-order valence-electron chi connectivity index (χ4n) is 2.82. The number of halogens is 2. The van der Waals surface area contributed by atoms with Gasteiger partial charge in [-0.2, -0.15) is 0 Å². The van der Waals surface area contributed by atoms with Crippen LogP contribution in [0.4, 0.5) is 5.69 Å². The van der Waals surface area contributed by atoms with Crippen molar-refractivity contribution in [1.82, 2.24) is 14.9 Å². The maximum Gasteiger partial charge on any atom is 0.234 e. The standard InChI is InChI=1S/C22H17Cl2N5O2S/c23-14-10-11-17(24)16(12-14)21-27-28-22(29(21)25)32-13-20(30)26-18-8-4-5-9-19(18)31-15-6-2-1-3-7-15/h1-12H,13,25H2,(H,26,30). The molecule has 0 unspecified atom stereocenters. The minimum Gasteiger partial charge on any atom is -0.455 e. The van der Waals surface area contributed by atoms with Gasteiger partial charge in [0.1, 0.15) is 5.75 Å². The van der Waals surface area contributed by atoms with E-state index in [9.17, 15) is 4.79 Å². The average molecular weight is 486 g/mol. The van der Waals surface area contributed by atoms with Gasteiger partial charge in [0, 0.05) is 10.6 Å². The number of para-hydroxylation sites is 3. The van der Waals surface area contributed by atoms with Gasteiger partial charge in [-0.3, -0.25) is 4.79 Å². The minimum absolute atomic E-state index is 0.0677. The Labute approximate surface area is 198 Å². The largest absolute Gasteiger partial charge is 0.455 e. The summed E-state index contributed by atoms with van der Waals surface area (Å²) in [6.07, 6.45) is 0. The molecule has 7 nitrogen and oxygen atoms in total. The van der Waals surface area contributed by atoms with E-state index in [1.165, 1.54) is 4.68 Å². The number of thioether (sulfide) groups is 1. The smallest absolute Gasteiger partial charge is 0.234 e. The monoisotopic (exact) mass is 485 g/mol. The molecule has 10 heteroatoms. The molecule has 32 heavy (non-hydrogen) atoms. The number of nitrogens with one attached hydrogen (secondary N) is 1. The first-order valence-corrected chi connectivity index (χ1v) is 11.2. The molecular formula is C22H17Cl2N5O2S. The van der Waals surface area contributed by atoms with E-state index in [0.717, 1.165) is 11.8 Å². The van der Waals surface area contributed by atoms with Gasteiger partial charge in [0.2, 0.25) is 11.1 Å². The zero-order valence-corrected chi connectivity index (χ0v) is 18.9. The number of rotatable bonds is 7. The van der Waals surface area contributed by atoms with Crippen molar-refractivity contribution in [3.05, 3.63) is 82.8 Å². The minimum atomic E-state index is -0.246. The quantitative estimate of drug-likeness (QED) is 0.265. The second kappa shape index (κ2) is 9.95. The second-order valence-electron chi connectivity index (χ2n) is 6.55. The number of nitrogens with two attached hydrogens (primary N) is 1. The number of nitrogen functional groups attached to an aromatic ring is 1. The van der Waals surface area contributed by atoms with E-state index >= 15 is 0 Å². The van der Waals surface area contributed by atoms with E-state index in [4.69, 9.17) is 33.8 Å². The number of benzene rings is 3. The maximum absolute atomic E-state index is 12.6. The lowest BCUT2D eigenvalue weighted by atomic mass is 10.2. The Morgan fingerprint density at radius 2 is 1.78 bits per heavy atom. The van der Waals surface area contributed by atoms with E-state index in [2.05, 4.69) is 15.5 Å². The van der Waals surface area contributed by atoms with Gasteiger partial charge in [-0.1, -0.05) is 65.3 Å². The molecule has 0 saturated carbocycles. The van der Waals surface area contributed by atoms with Gasteiger partial charge in [-0.25, -0.2) is 4.68 Å². The van der Waals surface area contributed by atoms with Crippen molar-refractivity contribution in [3.63, 3.8) is 0 Å². The zero-order chi connectivity index (χ0) is 22.5. The highest BCUT2D eigenvalue weighted by molar-refractivity contribution is 7.99. The van der Waals surface area contributed by atoms with Crippen molar-refractivity contribution in [3.8, 4) is 22.9 Å². The van der Waals surface area contributed by atoms with Crippen molar-refractivity contribution in [1.29, 1.82) is 0 Å². The number of anilines is 1. The highest BCUT2D eigenvalue weighted by atomic mass is 35.5. The highest BCUT2D eigenvalue weighted by Gasteiger charge is 2.17. The van der Waals surface area contributed by atoms with Gasteiger partial charge in [0.05, 0.1) is 16.5 Å². The molecule has 0 radical (unpaired) electrons. The van der Waals surface area contributed by atoms with Crippen LogP contribution in [0.15, 0.2) is 78.0 Å². The second-order valence-corrected chi connectivity index (χ2v) is 8.33. The Morgan fingerprint density at radius 3 is 2.59 bits per heavy atom. The Morgan fingerprint density at radius 1 is 1.03 bits per heavy atom. The number of hydrogen-bond acceptors (Lipinski definition) is 6. The van der Waals surface area contributed by atoms with Crippen LogP contribution in [0.5, 0.6) is 11.5 Å². The number of hydrogen-bond donors (Lipinski definition) is 2. The molecule has 0 aliphatic rings. The summed E-state index contributed by atoms with van der Waals surface area (Å²) in [5.41, 5.74) is 1.11. The molecule has 1 heterocycles. The third kappa shape index (κ3) is 5.16. The van der Waals surface area contributed by atoms with Crippen LogP contribution in [0, 0.1) is 0 Å². The summed E-state index contributed by atoms with van der Waals surface area (Å²) in [5, 5.41) is 12.3. The lowest BCUT2D eigenvalue weighted by Crippen LogP contribution is -2.16. The Bertz CT molecular complexity index is 1250. The van der Waals surface area contributed by atoms with Crippen LogP contribution < -0.4 is 15.9 Å². The SMILES string of the molecule is Nn1c(SCC(=O)Nc2ccccc2Oc2ccccc2)nnc1-c1cc(Cl)ccc1Cl. The van der Waals surface area contributed by atoms with Crippen LogP contribution in [-0.2, 0) is 4.79 Å². The van der Waals surface area contributed by atoms with E-state index in [1.807, 2.05) is 42.5 Å². The molecule has 1 aromatic heterocycles. The number of carbonyl (C=O) groups excluding carboxylic acids is 1. The van der Waals surface area contributed by atoms with E-state index in [1.54, 1.807) is 30.3 Å². The average Bonchev–Trinajstić information content (AvgIpc) is 3.16. The third-order valence-electron chi connectivity index (χ3n) is 4.30. The molecule has 4 aromatic rings. The maximum atomic E-state index is 12.6. The Kier molecular flexibility index (Phi) is 6.84. The van der Waals surface area contributed by atoms with Crippen molar-refractivity contribution >= 4 is 46.6 Å². The lowest BCUT2D eigenvalue weighted by Gasteiger charge is -2.12. The lowest BCUT2D eigenvalue weighted by molar-refractivity contribution is -0.113. The van der Waals surface area contributed by atoms with Crippen LogP contribution >= 0.6 is 35.0 Å². The van der Waals surface area contributed by atoms with Crippen molar-refractivity contribution in [2.45, 2.75) is 5.16 Å². The summed E-state index contributed by atoms with van der Waals surface area (Å²) in [6.45, 7) is 0. The molecular weight excluding hydrogens is 469 g/mol. The molecule has 0 bridgehead atoms. The van der Waals surface area contributed by atoms with E-state index in [0.29, 0.717) is 43.8 Å². The number of aromatic nitrogens is 3. The zero-order valence-electron chi connectivity index (χ0n) is 16.5. The molecule has 3 N–H and O–H groups in total. The van der Waals surface area contributed by atoms with Gasteiger partial charge in [-0.15, -0.1) is 10.2 Å². The third-order valence-corrected chi connectivity index (χ3v) is 5.81. The molecule has 0 aliphatic heterocycles. The highest BCUT2D eigenvalue weighted by Crippen LogP contribution is 2.31. The predicted molar refractivity (Wildman–Crippen MR) is 128 cm³/mol. The normalized spacial score (nSPS) is 10.7. The summed E-state index contributed by atoms with van der Waals surface area (Å²) < 4.78 is 7.15. The van der Waals surface area contributed by atoms with Gasteiger partial charge in [0.25, 0.3) is 0 Å². The van der Waals surface area contributed by atoms with E-state index in [-0.39, 0.29) is 11.7 Å². The van der Waals surface area contributed by atoms with Crippen LogP contribution in [0.25, 0.3) is 11.4 Å². The molecule has 0 fully saturated rings. The summed E-state index contributed by atoms with van der Waals surface area (Å²) in [5.74, 6) is 7.50. The number of amides is 1. The Balaban J connectivity index is 1.42. The molecule has 0 saturated heterocycles. The molecule has 0 atom stereocenters. The van der Waals surface area contributed by atoms with Crippen molar-refractivity contribution in [2.75, 3.05) is 16.9 Å². The fraction of sp³-hybridized carbons (Fsp3) is 0.0455. The van der Waals surface area contributed by atoms with Gasteiger partial charge >= 0.3 is 0 Å². The predicted octanol–water partition coefficient (Wildman–Crippen LogP) is 5.49. The fourth-order valence-corrected chi connectivity index (χ4v) is 3.85. The molecule has 0 spiro atoms. The summed E-state index contributed by atoms with van der Waals surface area (Å²) >= 11 is 13.4. The van der Waals surface area contributed by atoms with Gasteiger partial charge in [-0.05, 0) is 42.5 Å². The Hall–Kier alpha value is -3.20. The van der Waals surface area contributed by atoms with Gasteiger partial charge < -0.3 is 15.9 Å². The molecule has 3 aromatic carbocycles. The topological polar surface area (TPSA) is 95.1 Å². The van der Waals surface area contributed by atoms with Crippen LogP contribution in [0.1, 0.15) is 0 Å².